The van der Waals surface area contributed by atoms with Gasteiger partial charge in [0.25, 0.3) is 0 Å². The van der Waals surface area contributed by atoms with Gasteiger partial charge in [0, 0.05) is 33.5 Å². The maximum Gasteiger partial charge on any atom is 0.0543 e. The van der Waals surface area contributed by atoms with Crippen molar-refractivity contribution in [1.29, 1.82) is 0 Å². The number of hydrogen-bond donors (Lipinski definition) is 0. The third kappa shape index (κ3) is 6.81. The molecular formula is C62H56N2. The van der Waals surface area contributed by atoms with Gasteiger partial charge in [-0.2, -0.15) is 0 Å². The van der Waals surface area contributed by atoms with Gasteiger partial charge in [0.15, 0.2) is 0 Å². The molecule has 0 heterocycles. The molecule has 314 valence electrons. The van der Waals surface area contributed by atoms with Crippen molar-refractivity contribution in [2.75, 3.05) is 9.80 Å². The summed E-state index contributed by atoms with van der Waals surface area (Å²) < 4.78 is 0. The van der Waals surface area contributed by atoms with Crippen molar-refractivity contribution >= 4 is 66.4 Å². The molecule has 64 heavy (non-hydrogen) atoms. The van der Waals surface area contributed by atoms with E-state index in [0.29, 0.717) is 0 Å². The van der Waals surface area contributed by atoms with Crippen molar-refractivity contribution in [3.8, 4) is 22.3 Å². The molecule has 0 spiro atoms. The topological polar surface area (TPSA) is 6.48 Å². The number of hydrogen-bond acceptors (Lipinski definition) is 2. The third-order valence-corrected chi connectivity index (χ3v) is 13.6. The van der Waals surface area contributed by atoms with Crippen molar-refractivity contribution in [3.05, 3.63) is 215 Å². The highest BCUT2D eigenvalue weighted by Gasteiger charge is 2.28. The van der Waals surface area contributed by atoms with Crippen LogP contribution in [0.3, 0.4) is 0 Å². The molecule has 0 aliphatic rings. The van der Waals surface area contributed by atoms with Gasteiger partial charge in [-0.25, -0.2) is 0 Å². The fraction of sp³-hybridized carbons (Fsp3) is 0.161. The Bertz CT molecular complexity index is 3100. The van der Waals surface area contributed by atoms with Crippen molar-refractivity contribution < 1.29 is 0 Å². The summed E-state index contributed by atoms with van der Waals surface area (Å²) in [5.74, 6) is 0.573. The Morgan fingerprint density at radius 3 is 1.03 bits per heavy atom. The molecule has 0 aromatic heterocycles. The summed E-state index contributed by atoms with van der Waals surface area (Å²) in [6.45, 7) is 18.5. The van der Waals surface area contributed by atoms with E-state index in [1.165, 1.54) is 122 Å². The maximum atomic E-state index is 2.55. The Balaban J connectivity index is 1.33. The minimum absolute atomic E-state index is 0.287. The smallest absolute Gasteiger partial charge is 0.0543 e. The van der Waals surface area contributed by atoms with E-state index in [4.69, 9.17) is 0 Å². The number of benzene rings is 10. The molecule has 0 amide bonds. The first kappa shape index (κ1) is 40.9. The monoisotopic (exact) mass is 828 g/mol. The summed E-state index contributed by atoms with van der Waals surface area (Å²) in [5, 5.41) is 7.80. The van der Waals surface area contributed by atoms with Crippen LogP contribution in [-0.4, -0.2) is 0 Å². The zero-order valence-electron chi connectivity index (χ0n) is 38.4. The predicted octanol–water partition coefficient (Wildman–Crippen LogP) is 18.3. The van der Waals surface area contributed by atoms with Crippen LogP contribution in [0.4, 0.5) is 34.1 Å². The summed E-state index contributed by atoms with van der Waals surface area (Å²) in [5.41, 5.74) is 19.7. The van der Waals surface area contributed by atoms with E-state index in [0.717, 1.165) is 0 Å². The highest BCUT2D eigenvalue weighted by atomic mass is 15.2. The molecule has 0 unspecified atom stereocenters. The van der Waals surface area contributed by atoms with Gasteiger partial charge in [-0.05, 0) is 153 Å². The van der Waals surface area contributed by atoms with Crippen LogP contribution in [0.15, 0.2) is 182 Å². The summed E-state index contributed by atoms with van der Waals surface area (Å²) in [6, 6.07) is 67.6. The predicted molar refractivity (Wildman–Crippen MR) is 278 cm³/mol. The van der Waals surface area contributed by atoms with Crippen LogP contribution in [0.2, 0.25) is 0 Å². The second-order valence-corrected chi connectivity index (χ2v) is 18.2. The molecule has 0 saturated carbocycles. The molecule has 10 aromatic rings. The summed E-state index contributed by atoms with van der Waals surface area (Å²) in [6.07, 6.45) is 0. The normalized spacial score (nSPS) is 11.7. The Labute approximate surface area is 379 Å². The molecule has 10 rings (SSSR count). The van der Waals surface area contributed by atoms with Crippen LogP contribution in [0.25, 0.3) is 54.6 Å². The fourth-order valence-corrected chi connectivity index (χ4v) is 10.3. The third-order valence-electron chi connectivity index (χ3n) is 13.6. The summed E-state index contributed by atoms with van der Waals surface area (Å²) in [7, 11) is 0. The average Bonchev–Trinajstić information content (AvgIpc) is 3.31. The van der Waals surface area contributed by atoms with E-state index in [1.54, 1.807) is 0 Å². The molecule has 2 heteroatoms. The lowest BCUT2D eigenvalue weighted by molar-refractivity contribution is 0.875. The summed E-state index contributed by atoms with van der Waals surface area (Å²) in [4.78, 5) is 5.11. The Kier molecular flexibility index (Phi) is 10.6. The van der Waals surface area contributed by atoms with Crippen molar-refractivity contribution in [3.63, 3.8) is 0 Å². The molecule has 2 nitrogen and oxygen atoms in total. The van der Waals surface area contributed by atoms with Gasteiger partial charge >= 0.3 is 0 Å². The molecule has 0 saturated heterocycles. The number of para-hydroxylation sites is 2. The minimum Gasteiger partial charge on any atom is -0.309 e. The van der Waals surface area contributed by atoms with E-state index in [9.17, 15) is 0 Å². The molecule has 0 aliphatic carbocycles. The van der Waals surface area contributed by atoms with Crippen molar-refractivity contribution in [2.45, 2.75) is 67.2 Å². The highest BCUT2D eigenvalue weighted by molar-refractivity contribution is 6.29. The highest BCUT2D eigenvalue weighted by Crippen LogP contribution is 2.52. The van der Waals surface area contributed by atoms with Crippen LogP contribution in [-0.2, 0) is 0 Å². The van der Waals surface area contributed by atoms with Gasteiger partial charge in [0.1, 0.15) is 0 Å². The zero-order chi connectivity index (χ0) is 44.2. The first-order valence-electron chi connectivity index (χ1n) is 22.9. The Morgan fingerprint density at radius 2 is 0.656 bits per heavy atom. The van der Waals surface area contributed by atoms with Gasteiger partial charge in [0.05, 0.1) is 11.4 Å². The Hall–Kier alpha value is -7.16. The molecular weight excluding hydrogens is 773 g/mol. The molecule has 0 aliphatic heterocycles. The molecule has 0 fully saturated rings. The van der Waals surface area contributed by atoms with Gasteiger partial charge in [-0.3, -0.25) is 0 Å². The zero-order valence-corrected chi connectivity index (χ0v) is 38.4. The first-order valence-corrected chi connectivity index (χ1v) is 22.9. The van der Waals surface area contributed by atoms with Crippen molar-refractivity contribution in [1.82, 2.24) is 0 Å². The number of anilines is 6. The lowest BCUT2D eigenvalue weighted by Gasteiger charge is -2.33. The van der Waals surface area contributed by atoms with E-state index in [-0.39, 0.29) is 11.8 Å². The number of aryl methyl sites for hydroxylation is 2. The van der Waals surface area contributed by atoms with Crippen LogP contribution in [0.5, 0.6) is 0 Å². The lowest BCUT2D eigenvalue weighted by atomic mass is 9.83. The van der Waals surface area contributed by atoms with E-state index in [1.807, 2.05) is 0 Å². The van der Waals surface area contributed by atoms with Crippen LogP contribution in [0.1, 0.15) is 72.9 Å². The first-order chi connectivity index (χ1) is 31.1. The largest absolute Gasteiger partial charge is 0.309 e. The molecule has 10 aromatic carbocycles. The van der Waals surface area contributed by atoms with Gasteiger partial charge < -0.3 is 9.80 Å². The van der Waals surface area contributed by atoms with Gasteiger partial charge in [0.2, 0.25) is 0 Å². The van der Waals surface area contributed by atoms with Crippen LogP contribution >= 0.6 is 0 Å². The SMILES string of the molecule is Cc1ccccc1N(c1cccc(-c2ccccc2)c1C)c1cc(C(C)C)c2ccc3c(N(c4ccccc4C)c4cccc(-c5ccccc5)c4C)cc(C(C)C)c4ccc1c2c43. The minimum atomic E-state index is 0.287. The molecule has 0 radical (unpaired) electrons. The fourth-order valence-electron chi connectivity index (χ4n) is 10.3. The lowest BCUT2D eigenvalue weighted by Crippen LogP contribution is -2.15. The van der Waals surface area contributed by atoms with Gasteiger partial charge in [-0.15, -0.1) is 0 Å². The Morgan fingerprint density at radius 1 is 0.312 bits per heavy atom. The van der Waals surface area contributed by atoms with Crippen LogP contribution in [0, 0.1) is 27.7 Å². The second kappa shape index (κ2) is 16.5. The van der Waals surface area contributed by atoms with Crippen molar-refractivity contribution in [2.24, 2.45) is 0 Å². The van der Waals surface area contributed by atoms with E-state index in [2.05, 4.69) is 247 Å². The average molecular weight is 829 g/mol. The van der Waals surface area contributed by atoms with E-state index < -0.39 is 0 Å². The standard InChI is InChI=1S/C62H56N2/c1-39(2)53-37-59(63(55-29-17-15-21-41(55)5)57-31-19-27-47(43(57)7)45-23-11-9-12-24-45)51-36-34-50-54(40(3)4)38-60(52-35-33-49(53)61(51)62(50)52)64(56-30-18-16-22-42(56)6)58-32-20-28-48(44(58)8)46-25-13-10-14-26-46/h9-40H,1-8H3. The maximum absolute atomic E-state index is 2.55. The molecule has 0 atom stereocenters. The van der Waals surface area contributed by atoms with E-state index >= 15 is 0 Å². The summed E-state index contributed by atoms with van der Waals surface area (Å²) >= 11 is 0. The second-order valence-electron chi connectivity index (χ2n) is 18.2. The molecule has 0 bridgehead atoms. The van der Waals surface area contributed by atoms with Crippen LogP contribution < -0.4 is 9.80 Å². The van der Waals surface area contributed by atoms with Gasteiger partial charge in [-0.1, -0.05) is 173 Å². The number of nitrogens with zero attached hydrogens (tertiary/aromatic N) is 2. The quantitative estimate of drug-likeness (QED) is 0.127. The molecule has 0 N–H and O–H groups in total. The number of rotatable bonds is 10.